The summed E-state index contributed by atoms with van der Waals surface area (Å²) in [5, 5.41) is 13.9. The van der Waals surface area contributed by atoms with Crippen LogP contribution in [0.5, 0.6) is 5.75 Å². The van der Waals surface area contributed by atoms with Gasteiger partial charge in [-0.3, -0.25) is 20.4 Å². The topological polar surface area (TPSA) is 96.2 Å². The van der Waals surface area contributed by atoms with Crippen molar-refractivity contribution >= 4 is 11.8 Å². The molecule has 0 fully saturated rings. The van der Waals surface area contributed by atoms with Gasteiger partial charge in [-0.1, -0.05) is 19.1 Å². The lowest BCUT2D eigenvalue weighted by atomic mass is 10.2. The number of nitrogens with zero attached hydrogens (tertiary/aromatic N) is 2. The van der Waals surface area contributed by atoms with Gasteiger partial charge in [0.05, 0.1) is 28.7 Å². The number of phenolic OH excluding ortho intramolecular Hbond substituents is 1. The molecule has 0 aliphatic heterocycles. The fourth-order valence-electron chi connectivity index (χ4n) is 2.62. The number of benzene rings is 2. The highest BCUT2D eigenvalue weighted by molar-refractivity contribution is 6.00. The number of carbonyl (C=O) groups excluding carboxylic acids is 2. The third-order valence-corrected chi connectivity index (χ3v) is 3.96. The molecule has 1 heterocycles. The Hall–Kier alpha value is -3.68. The first-order valence-electron chi connectivity index (χ1n) is 8.22. The fraction of sp³-hybridized carbons (Fsp3) is 0.105. The molecule has 0 saturated heterocycles. The van der Waals surface area contributed by atoms with Gasteiger partial charge in [0, 0.05) is 0 Å². The molecule has 3 aromatic rings. The Morgan fingerprint density at radius 3 is 2.30 bits per heavy atom. The number of hydrogen-bond donors (Lipinski definition) is 3. The Morgan fingerprint density at radius 1 is 1.04 bits per heavy atom. The van der Waals surface area contributed by atoms with Crippen LogP contribution in [-0.4, -0.2) is 26.7 Å². The van der Waals surface area contributed by atoms with Crippen LogP contribution in [0.1, 0.15) is 33.3 Å². The first-order chi connectivity index (χ1) is 13.0. The highest BCUT2D eigenvalue weighted by Crippen LogP contribution is 2.17. The number of amides is 2. The predicted molar refractivity (Wildman–Crippen MR) is 95.9 cm³/mol. The lowest BCUT2D eigenvalue weighted by molar-refractivity contribution is 0.0844. The zero-order valence-electron chi connectivity index (χ0n) is 14.4. The number of aromatic nitrogens is 2. The quantitative estimate of drug-likeness (QED) is 0.616. The van der Waals surface area contributed by atoms with E-state index in [0.717, 1.165) is 0 Å². The molecule has 0 radical (unpaired) electrons. The maximum Gasteiger partial charge on any atom is 0.273 e. The van der Waals surface area contributed by atoms with Gasteiger partial charge in [0.1, 0.15) is 11.6 Å². The van der Waals surface area contributed by atoms with E-state index in [1.54, 1.807) is 28.9 Å². The summed E-state index contributed by atoms with van der Waals surface area (Å²) in [4.78, 5) is 24.5. The van der Waals surface area contributed by atoms with Gasteiger partial charge < -0.3 is 5.11 Å². The molecule has 0 spiro atoms. The van der Waals surface area contributed by atoms with Crippen LogP contribution in [0.4, 0.5) is 4.39 Å². The Kier molecular flexibility index (Phi) is 5.16. The molecule has 0 aliphatic rings. The molecule has 2 amide bonds. The summed E-state index contributed by atoms with van der Waals surface area (Å²) in [6, 6.07) is 11.7. The maximum atomic E-state index is 13.1. The second-order valence-electron chi connectivity index (χ2n) is 5.67. The maximum absolute atomic E-state index is 13.1. The summed E-state index contributed by atoms with van der Waals surface area (Å²) in [7, 11) is 0. The van der Waals surface area contributed by atoms with Crippen LogP contribution in [0, 0.1) is 5.82 Å². The van der Waals surface area contributed by atoms with Crippen molar-refractivity contribution in [3.05, 3.63) is 77.4 Å². The van der Waals surface area contributed by atoms with E-state index in [-0.39, 0.29) is 22.7 Å². The highest BCUT2D eigenvalue weighted by atomic mass is 19.1. The number of hydrazine groups is 1. The SMILES string of the molecule is CCc1c(C(=O)NNC(=O)c2ccccc2O)cnn1-c1ccc(F)cc1. The first kappa shape index (κ1) is 18.1. The second-order valence-corrected chi connectivity index (χ2v) is 5.67. The van der Waals surface area contributed by atoms with Crippen LogP contribution in [0.25, 0.3) is 5.69 Å². The largest absolute Gasteiger partial charge is 0.507 e. The molecule has 1 aromatic heterocycles. The lowest BCUT2D eigenvalue weighted by Crippen LogP contribution is -2.41. The normalized spacial score (nSPS) is 10.4. The summed E-state index contributed by atoms with van der Waals surface area (Å²) in [6.45, 7) is 1.86. The Balaban J connectivity index is 1.76. The Morgan fingerprint density at radius 2 is 1.67 bits per heavy atom. The molecule has 0 unspecified atom stereocenters. The molecule has 0 bridgehead atoms. The molecule has 3 N–H and O–H groups in total. The van der Waals surface area contributed by atoms with E-state index < -0.39 is 11.8 Å². The highest BCUT2D eigenvalue weighted by Gasteiger charge is 2.18. The minimum atomic E-state index is -0.648. The second kappa shape index (κ2) is 7.69. The number of rotatable bonds is 4. The van der Waals surface area contributed by atoms with Crippen LogP contribution in [0.3, 0.4) is 0 Å². The van der Waals surface area contributed by atoms with E-state index in [9.17, 15) is 19.1 Å². The zero-order chi connectivity index (χ0) is 19.4. The number of phenols is 1. The third kappa shape index (κ3) is 3.79. The third-order valence-electron chi connectivity index (χ3n) is 3.96. The van der Waals surface area contributed by atoms with Gasteiger partial charge in [-0.15, -0.1) is 0 Å². The molecule has 8 heteroatoms. The van der Waals surface area contributed by atoms with Crippen molar-refractivity contribution in [2.24, 2.45) is 0 Å². The van der Waals surface area contributed by atoms with Gasteiger partial charge in [-0.2, -0.15) is 5.10 Å². The Labute approximate surface area is 154 Å². The molecule has 138 valence electrons. The van der Waals surface area contributed by atoms with Crippen LogP contribution in [-0.2, 0) is 6.42 Å². The zero-order valence-corrected chi connectivity index (χ0v) is 14.4. The van der Waals surface area contributed by atoms with E-state index in [1.165, 1.54) is 30.5 Å². The molecular formula is C19H17FN4O3. The van der Waals surface area contributed by atoms with Crippen molar-refractivity contribution in [2.45, 2.75) is 13.3 Å². The van der Waals surface area contributed by atoms with Crippen LogP contribution in [0.15, 0.2) is 54.7 Å². The molecule has 27 heavy (non-hydrogen) atoms. The number of aromatic hydroxyl groups is 1. The molecule has 3 rings (SSSR count). The van der Waals surface area contributed by atoms with Crippen molar-refractivity contribution in [3.63, 3.8) is 0 Å². The van der Waals surface area contributed by atoms with Crippen molar-refractivity contribution in [1.82, 2.24) is 20.6 Å². The lowest BCUT2D eigenvalue weighted by Gasteiger charge is -2.10. The van der Waals surface area contributed by atoms with Crippen molar-refractivity contribution in [1.29, 1.82) is 0 Å². The number of halogens is 1. The summed E-state index contributed by atoms with van der Waals surface area (Å²) in [5.41, 5.74) is 6.11. The smallest absolute Gasteiger partial charge is 0.273 e. The summed E-state index contributed by atoms with van der Waals surface area (Å²) in [5.74, 6) is -1.76. The molecule has 7 nitrogen and oxygen atoms in total. The van der Waals surface area contributed by atoms with Gasteiger partial charge in [-0.05, 0) is 42.8 Å². The molecule has 0 atom stereocenters. The van der Waals surface area contributed by atoms with Crippen LogP contribution >= 0.6 is 0 Å². The minimum absolute atomic E-state index is 0.0375. The number of carbonyl (C=O) groups is 2. The Bertz CT molecular complexity index is 983. The average Bonchev–Trinajstić information content (AvgIpc) is 3.11. The van der Waals surface area contributed by atoms with E-state index >= 15 is 0 Å². The van der Waals surface area contributed by atoms with Crippen molar-refractivity contribution in [3.8, 4) is 11.4 Å². The van der Waals surface area contributed by atoms with E-state index in [4.69, 9.17) is 0 Å². The van der Waals surface area contributed by atoms with Gasteiger partial charge in [-0.25, -0.2) is 9.07 Å². The summed E-state index contributed by atoms with van der Waals surface area (Å²) in [6.07, 6.45) is 1.87. The number of para-hydroxylation sites is 1. The molecular weight excluding hydrogens is 351 g/mol. The fourth-order valence-corrected chi connectivity index (χ4v) is 2.62. The van der Waals surface area contributed by atoms with E-state index in [0.29, 0.717) is 17.8 Å². The van der Waals surface area contributed by atoms with Gasteiger partial charge in [0.15, 0.2) is 0 Å². The van der Waals surface area contributed by atoms with Crippen molar-refractivity contribution in [2.75, 3.05) is 0 Å². The summed E-state index contributed by atoms with van der Waals surface area (Å²) < 4.78 is 14.7. The van der Waals surface area contributed by atoms with Gasteiger partial charge >= 0.3 is 0 Å². The standard InChI is InChI=1S/C19H17FN4O3/c1-2-16-15(11-21-24(16)13-9-7-12(20)8-10-13)19(27)23-22-18(26)14-5-3-4-6-17(14)25/h3-11,25H,2H2,1H3,(H,22,26)(H,23,27). The average molecular weight is 368 g/mol. The monoisotopic (exact) mass is 368 g/mol. The number of nitrogens with one attached hydrogen (secondary N) is 2. The van der Waals surface area contributed by atoms with Crippen molar-refractivity contribution < 1.29 is 19.1 Å². The first-order valence-corrected chi connectivity index (χ1v) is 8.22. The molecule has 2 aromatic carbocycles. The van der Waals surface area contributed by atoms with Gasteiger partial charge in [0.2, 0.25) is 0 Å². The predicted octanol–water partition coefficient (Wildman–Crippen LogP) is 2.35. The van der Waals surface area contributed by atoms with E-state index in [2.05, 4.69) is 16.0 Å². The van der Waals surface area contributed by atoms with E-state index in [1.807, 2.05) is 6.92 Å². The summed E-state index contributed by atoms with van der Waals surface area (Å²) >= 11 is 0. The van der Waals surface area contributed by atoms with Crippen LogP contribution in [0.2, 0.25) is 0 Å². The molecule has 0 saturated carbocycles. The van der Waals surface area contributed by atoms with Crippen LogP contribution < -0.4 is 10.9 Å². The minimum Gasteiger partial charge on any atom is -0.507 e. The molecule has 0 aliphatic carbocycles. The van der Waals surface area contributed by atoms with Gasteiger partial charge in [0.25, 0.3) is 11.8 Å². The number of hydrogen-bond acceptors (Lipinski definition) is 4.